The van der Waals surface area contributed by atoms with Crippen molar-refractivity contribution in [2.75, 3.05) is 0 Å². The Morgan fingerprint density at radius 2 is 2.11 bits per heavy atom. The van der Waals surface area contributed by atoms with E-state index in [1.807, 2.05) is 12.1 Å². The van der Waals surface area contributed by atoms with Crippen LogP contribution in [0.2, 0.25) is 0 Å². The van der Waals surface area contributed by atoms with E-state index in [1.165, 1.54) is 0 Å². The molecule has 0 aliphatic rings. The Morgan fingerprint density at radius 1 is 1.33 bits per heavy atom. The number of aromatic nitrogens is 1. The molecule has 0 radical (unpaired) electrons. The summed E-state index contributed by atoms with van der Waals surface area (Å²) in [4.78, 5) is 3.25. The molecule has 1 heterocycles. The molecule has 0 aliphatic heterocycles. The molecular formula is C12H13BrN2O2S. The lowest BCUT2D eigenvalue weighted by Gasteiger charge is -2.09. The molecule has 0 bridgehead atoms. The smallest absolute Gasteiger partial charge is 0.241 e. The number of rotatable bonds is 4. The molecule has 2 rings (SSSR count). The third-order valence-electron chi connectivity index (χ3n) is 2.54. The molecule has 0 saturated heterocycles. The second kappa shape index (κ2) is 5.26. The summed E-state index contributed by atoms with van der Waals surface area (Å²) in [5, 5.41) is 0. The van der Waals surface area contributed by atoms with Crippen LogP contribution in [0.3, 0.4) is 0 Å². The Kier molecular flexibility index (Phi) is 3.89. The van der Waals surface area contributed by atoms with Crippen LogP contribution in [0, 0.1) is 6.92 Å². The minimum atomic E-state index is -3.47. The predicted molar refractivity (Wildman–Crippen MR) is 73.7 cm³/mol. The van der Waals surface area contributed by atoms with Crippen molar-refractivity contribution in [3.8, 4) is 0 Å². The summed E-state index contributed by atoms with van der Waals surface area (Å²) in [6, 6.07) is 8.75. The molecule has 0 saturated carbocycles. The van der Waals surface area contributed by atoms with Gasteiger partial charge in [-0.3, -0.25) is 0 Å². The van der Waals surface area contributed by atoms with E-state index in [1.54, 1.807) is 31.3 Å². The predicted octanol–water partition coefficient (Wildman–Crippen LogP) is 2.56. The minimum Gasteiger partial charge on any atom is -0.364 e. The number of aromatic amines is 1. The third kappa shape index (κ3) is 3.01. The first-order chi connectivity index (χ1) is 8.49. The minimum absolute atomic E-state index is 0.255. The molecule has 2 aromatic rings. The Balaban J connectivity index is 2.20. The molecular weight excluding hydrogens is 316 g/mol. The number of halogens is 1. The van der Waals surface area contributed by atoms with Crippen LogP contribution in [0.25, 0.3) is 0 Å². The molecule has 18 heavy (non-hydrogen) atoms. The lowest BCUT2D eigenvalue weighted by molar-refractivity contribution is 0.580. The van der Waals surface area contributed by atoms with Crippen LogP contribution in [0.1, 0.15) is 11.3 Å². The Hall–Kier alpha value is -1.11. The summed E-state index contributed by atoms with van der Waals surface area (Å²) < 4.78 is 27.7. The van der Waals surface area contributed by atoms with Gasteiger partial charge in [0.1, 0.15) is 0 Å². The van der Waals surface area contributed by atoms with E-state index >= 15 is 0 Å². The number of hydrogen-bond acceptors (Lipinski definition) is 2. The molecule has 0 amide bonds. The van der Waals surface area contributed by atoms with E-state index in [-0.39, 0.29) is 6.54 Å². The average molecular weight is 329 g/mol. The molecule has 0 spiro atoms. The maximum Gasteiger partial charge on any atom is 0.241 e. The van der Waals surface area contributed by atoms with Gasteiger partial charge in [-0.1, -0.05) is 15.9 Å². The quantitative estimate of drug-likeness (QED) is 0.906. The highest BCUT2D eigenvalue weighted by molar-refractivity contribution is 9.10. The summed E-state index contributed by atoms with van der Waals surface area (Å²) in [6.07, 6.45) is 1.76. The maximum atomic E-state index is 12.1. The van der Waals surface area contributed by atoms with E-state index in [0.29, 0.717) is 10.5 Å². The van der Waals surface area contributed by atoms with Crippen LogP contribution < -0.4 is 4.72 Å². The van der Waals surface area contributed by atoms with E-state index in [4.69, 9.17) is 0 Å². The van der Waals surface area contributed by atoms with Gasteiger partial charge in [0, 0.05) is 16.4 Å². The van der Waals surface area contributed by atoms with Crippen molar-refractivity contribution in [1.29, 1.82) is 0 Å². The summed E-state index contributed by atoms with van der Waals surface area (Å²) in [7, 11) is -3.47. The molecule has 1 aromatic heterocycles. The molecule has 0 fully saturated rings. The second-order valence-corrected chi connectivity index (χ2v) is 6.58. The van der Waals surface area contributed by atoms with Gasteiger partial charge < -0.3 is 4.98 Å². The van der Waals surface area contributed by atoms with Gasteiger partial charge in [-0.05, 0) is 42.8 Å². The fraction of sp³-hybridized carbons (Fsp3) is 0.167. The summed E-state index contributed by atoms with van der Waals surface area (Å²) in [5.74, 6) is 0. The number of H-pyrrole nitrogens is 1. The van der Waals surface area contributed by atoms with E-state index in [9.17, 15) is 8.42 Å². The van der Waals surface area contributed by atoms with Crippen molar-refractivity contribution in [3.05, 3.63) is 52.3 Å². The zero-order chi connectivity index (χ0) is 13.2. The van der Waals surface area contributed by atoms with Crippen LogP contribution in [-0.2, 0) is 16.6 Å². The molecule has 6 heteroatoms. The van der Waals surface area contributed by atoms with Gasteiger partial charge in [0.25, 0.3) is 0 Å². The van der Waals surface area contributed by atoms with Gasteiger partial charge in [-0.15, -0.1) is 0 Å². The Morgan fingerprint density at radius 3 is 2.72 bits per heavy atom. The van der Waals surface area contributed by atoms with Gasteiger partial charge >= 0.3 is 0 Å². The highest BCUT2D eigenvalue weighted by Gasteiger charge is 2.16. The maximum absolute atomic E-state index is 12.1. The number of nitrogens with one attached hydrogen (secondary N) is 2. The molecule has 4 nitrogen and oxygen atoms in total. The van der Waals surface area contributed by atoms with Gasteiger partial charge in [0.05, 0.1) is 11.4 Å². The SMILES string of the molecule is Cc1cc(Br)ccc1S(=O)(=O)NCc1ccc[nH]1. The van der Waals surface area contributed by atoms with Gasteiger partial charge in [0.2, 0.25) is 10.0 Å². The first-order valence-corrected chi connectivity index (χ1v) is 7.65. The average Bonchev–Trinajstić information content (AvgIpc) is 2.78. The van der Waals surface area contributed by atoms with Gasteiger partial charge in [-0.2, -0.15) is 0 Å². The first kappa shape index (κ1) is 13.3. The highest BCUT2D eigenvalue weighted by Crippen LogP contribution is 2.19. The molecule has 0 unspecified atom stereocenters. The van der Waals surface area contributed by atoms with E-state index in [2.05, 4.69) is 25.6 Å². The topological polar surface area (TPSA) is 62.0 Å². The zero-order valence-electron chi connectivity index (χ0n) is 9.77. The van der Waals surface area contributed by atoms with Crippen molar-refractivity contribution in [2.24, 2.45) is 0 Å². The first-order valence-electron chi connectivity index (χ1n) is 5.37. The molecule has 0 atom stereocenters. The van der Waals surface area contributed by atoms with Crippen molar-refractivity contribution in [3.63, 3.8) is 0 Å². The van der Waals surface area contributed by atoms with Crippen molar-refractivity contribution in [2.45, 2.75) is 18.4 Å². The Labute approximate surface area is 115 Å². The summed E-state index contributed by atoms with van der Waals surface area (Å²) in [6.45, 7) is 2.03. The number of hydrogen-bond donors (Lipinski definition) is 2. The highest BCUT2D eigenvalue weighted by atomic mass is 79.9. The Bertz CT molecular complexity index is 636. The summed E-state index contributed by atoms with van der Waals surface area (Å²) in [5.41, 5.74) is 1.54. The van der Waals surface area contributed by atoms with E-state index in [0.717, 1.165) is 10.2 Å². The molecule has 0 aliphatic carbocycles. The molecule has 96 valence electrons. The number of benzene rings is 1. The van der Waals surface area contributed by atoms with Crippen molar-refractivity contribution < 1.29 is 8.42 Å². The third-order valence-corrected chi connectivity index (χ3v) is 4.60. The second-order valence-electron chi connectivity index (χ2n) is 3.93. The fourth-order valence-corrected chi connectivity index (χ4v) is 3.35. The van der Waals surface area contributed by atoms with E-state index < -0.39 is 10.0 Å². The lowest BCUT2D eigenvalue weighted by atomic mass is 10.2. The number of sulfonamides is 1. The van der Waals surface area contributed by atoms with Gasteiger partial charge in [-0.25, -0.2) is 13.1 Å². The zero-order valence-corrected chi connectivity index (χ0v) is 12.2. The normalized spacial score (nSPS) is 11.7. The lowest BCUT2D eigenvalue weighted by Crippen LogP contribution is -2.24. The monoisotopic (exact) mass is 328 g/mol. The van der Waals surface area contributed by atoms with Crippen LogP contribution >= 0.6 is 15.9 Å². The largest absolute Gasteiger partial charge is 0.364 e. The van der Waals surface area contributed by atoms with Crippen LogP contribution in [0.5, 0.6) is 0 Å². The van der Waals surface area contributed by atoms with Crippen molar-refractivity contribution in [1.82, 2.24) is 9.71 Å². The number of aryl methyl sites for hydroxylation is 1. The molecule has 2 N–H and O–H groups in total. The molecule has 1 aromatic carbocycles. The summed E-state index contributed by atoms with van der Waals surface area (Å²) >= 11 is 3.31. The van der Waals surface area contributed by atoms with Crippen LogP contribution in [-0.4, -0.2) is 13.4 Å². The van der Waals surface area contributed by atoms with Gasteiger partial charge in [0.15, 0.2) is 0 Å². The fourth-order valence-electron chi connectivity index (χ4n) is 1.64. The standard InChI is InChI=1S/C12H13BrN2O2S/c1-9-7-10(13)4-5-12(9)18(16,17)15-8-11-3-2-6-14-11/h2-7,14-15H,8H2,1H3. The van der Waals surface area contributed by atoms with Crippen LogP contribution in [0.15, 0.2) is 45.9 Å². The van der Waals surface area contributed by atoms with Crippen LogP contribution in [0.4, 0.5) is 0 Å². The van der Waals surface area contributed by atoms with Crippen molar-refractivity contribution >= 4 is 26.0 Å².